The Morgan fingerprint density at radius 2 is 1.96 bits per heavy atom. The van der Waals surface area contributed by atoms with E-state index in [0.717, 1.165) is 56.1 Å². The highest BCUT2D eigenvalue weighted by Crippen LogP contribution is 2.26. The van der Waals surface area contributed by atoms with E-state index < -0.39 is 0 Å². The lowest BCUT2D eigenvalue weighted by molar-refractivity contribution is 0.00102. The number of ether oxygens (including phenoxy) is 1. The Labute approximate surface area is 186 Å². The van der Waals surface area contributed by atoms with Crippen molar-refractivity contribution in [3.8, 4) is 0 Å². The van der Waals surface area contributed by atoms with Crippen LogP contribution in [0.5, 0.6) is 0 Å². The first-order valence-electron chi connectivity index (χ1n) is 10.3. The molecule has 0 atom stereocenters. The van der Waals surface area contributed by atoms with Crippen LogP contribution in [0.3, 0.4) is 0 Å². The third-order valence-corrected chi connectivity index (χ3v) is 5.74. The van der Waals surface area contributed by atoms with Crippen molar-refractivity contribution in [2.24, 2.45) is 18.0 Å². The number of guanidine groups is 1. The molecule has 7 nitrogen and oxygen atoms in total. The van der Waals surface area contributed by atoms with Crippen molar-refractivity contribution in [1.82, 2.24) is 25.0 Å². The number of aromatic nitrogens is 3. The monoisotopic (exact) mass is 502 g/mol. The second-order valence-electron chi connectivity index (χ2n) is 7.70. The predicted molar refractivity (Wildman–Crippen MR) is 123 cm³/mol. The van der Waals surface area contributed by atoms with Crippen molar-refractivity contribution in [1.29, 1.82) is 0 Å². The van der Waals surface area contributed by atoms with Crippen LogP contribution in [-0.4, -0.2) is 58.0 Å². The minimum atomic E-state index is 0. The van der Waals surface area contributed by atoms with Gasteiger partial charge in [0.25, 0.3) is 0 Å². The van der Waals surface area contributed by atoms with Crippen LogP contribution in [-0.2, 0) is 18.3 Å². The van der Waals surface area contributed by atoms with E-state index in [1.54, 1.807) is 0 Å². The lowest BCUT2D eigenvalue weighted by atomic mass is 10.1. The summed E-state index contributed by atoms with van der Waals surface area (Å²) >= 11 is 0. The van der Waals surface area contributed by atoms with Gasteiger partial charge >= 0.3 is 0 Å². The summed E-state index contributed by atoms with van der Waals surface area (Å²) in [4.78, 5) is 7.10. The molecule has 1 saturated carbocycles. The average Bonchev–Trinajstić information content (AvgIpc) is 3.32. The van der Waals surface area contributed by atoms with E-state index in [1.165, 1.54) is 25.7 Å². The molecule has 158 valence electrons. The molecule has 0 aromatic carbocycles. The molecule has 3 rings (SSSR count). The zero-order valence-electron chi connectivity index (χ0n) is 17.3. The molecule has 1 N–H and O–H groups in total. The Morgan fingerprint density at radius 1 is 1.25 bits per heavy atom. The van der Waals surface area contributed by atoms with Crippen LogP contribution in [0.1, 0.15) is 50.2 Å². The standard InChI is InChI=1S/C20H34N6O.HI/c1-4-11-21-20(22-14-19-24-23-16(2)25(19)3)26-12-9-18(10-13-26)27-15-17-7-5-6-8-17;/h4,17-18H,1,5-15H2,2-3H3,(H,21,22);1H. The SMILES string of the molecule is C=CCNC(=NCc1nnc(C)n1C)N1CCC(OCC2CCCC2)CC1.I. The highest BCUT2D eigenvalue weighted by Gasteiger charge is 2.24. The van der Waals surface area contributed by atoms with Gasteiger partial charge in [-0.1, -0.05) is 18.9 Å². The Hall–Kier alpha value is -1.16. The fourth-order valence-electron chi connectivity index (χ4n) is 3.85. The smallest absolute Gasteiger partial charge is 0.194 e. The molecule has 2 fully saturated rings. The van der Waals surface area contributed by atoms with E-state index in [9.17, 15) is 0 Å². The van der Waals surface area contributed by atoms with Gasteiger partial charge in [-0.2, -0.15) is 0 Å². The zero-order valence-corrected chi connectivity index (χ0v) is 19.6. The number of piperidine rings is 1. The van der Waals surface area contributed by atoms with Gasteiger partial charge in [-0.25, -0.2) is 4.99 Å². The molecule has 1 aliphatic carbocycles. The molecule has 0 spiro atoms. The van der Waals surface area contributed by atoms with Gasteiger partial charge in [-0.15, -0.1) is 40.8 Å². The molecule has 28 heavy (non-hydrogen) atoms. The summed E-state index contributed by atoms with van der Waals surface area (Å²) in [6, 6.07) is 0. The molecule has 2 aliphatic rings. The summed E-state index contributed by atoms with van der Waals surface area (Å²) in [5.74, 6) is 3.50. The molecule has 0 amide bonds. The van der Waals surface area contributed by atoms with Crippen molar-refractivity contribution >= 4 is 29.9 Å². The van der Waals surface area contributed by atoms with Crippen molar-refractivity contribution in [3.05, 3.63) is 24.3 Å². The van der Waals surface area contributed by atoms with Crippen LogP contribution in [0.4, 0.5) is 0 Å². The first-order chi connectivity index (χ1) is 13.2. The highest BCUT2D eigenvalue weighted by atomic mass is 127. The van der Waals surface area contributed by atoms with Crippen LogP contribution in [0.15, 0.2) is 17.6 Å². The van der Waals surface area contributed by atoms with Crippen molar-refractivity contribution in [2.75, 3.05) is 26.2 Å². The van der Waals surface area contributed by atoms with E-state index in [2.05, 4.69) is 27.0 Å². The van der Waals surface area contributed by atoms with Gasteiger partial charge in [-0.05, 0) is 38.5 Å². The topological polar surface area (TPSA) is 67.6 Å². The van der Waals surface area contributed by atoms with Gasteiger partial charge < -0.3 is 19.5 Å². The lowest BCUT2D eigenvalue weighted by Gasteiger charge is -2.34. The maximum Gasteiger partial charge on any atom is 0.194 e. The quantitative estimate of drug-likeness (QED) is 0.269. The third-order valence-electron chi connectivity index (χ3n) is 5.74. The molecular weight excluding hydrogens is 467 g/mol. The summed E-state index contributed by atoms with van der Waals surface area (Å²) in [5.41, 5.74) is 0. The second-order valence-corrected chi connectivity index (χ2v) is 7.70. The van der Waals surface area contributed by atoms with Crippen molar-refractivity contribution in [2.45, 2.75) is 58.1 Å². The molecule has 0 radical (unpaired) electrons. The van der Waals surface area contributed by atoms with Crippen LogP contribution in [0.2, 0.25) is 0 Å². The summed E-state index contributed by atoms with van der Waals surface area (Å²) in [7, 11) is 1.98. The summed E-state index contributed by atoms with van der Waals surface area (Å²) < 4.78 is 8.18. The Morgan fingerprint density at radius 3 is 2.57 bits per heavy atom. The number of hydrogen-bond donors (Lipinski definition) is 1. The van der Waals surface area contributed by atoms with E-state index in [1.807, 2.05) is 24.6 Å². The summed E-state index contributed by atoms with van der Waals surface area (Å²) in [5, 5.41) is 11.7. The zero-order chi connectivity index (χ0) is 19.1. The second kappa shape index (κ2) is 11.7. The minimum absolute atomic E-state index is 0. The molecule has 8 heteroatoms. The summed E-state index contributed by atoms with van der Waals surface area (Å²) in [6.07, 6.45) is 9.84. The Kier molecular flexibility index (Phi) is 9.70. The van der Waals surface area contributed by atoms with Crippen LogP contribution in [0, 0.1) is 12.8 Å². The first-order valence-corrected chi connectivity index (χ1v) is 10.3. The van der Waals surface area contributed by atoms with Gasteiger partial charge in [0.05, 0.1) is 6.10 Å². The number of nitrogens with one attached hydrogen (secondary N) is 1. The number of halogens is 1. The Bertz CT molecular complexity index is 633. The van der Waals surface area contributed by atoms with Gasteiger partial charge in [0.1, 0.15) is 12.4 Å². The summed E-state index contributed by atoms with van der Waals surface area (Å²) in [6.45, 7) is 9.87. The van der Waals surface area contributed by atoms with Crippen LogP contribution >= 0.6 is 24.0 Å². The van der Waals surface area contributed by atoms with E-state index in [0.29, 0.717) is 19.2 Å². The number of rotatable bonds is 7. The van der Waals surface area contributed by atoms with Crippen molar-refractivity contribution in [3.63, 3.8) is 0 Å². The van der Waals surface area contributed by atoms with Crippen LogP contribution in [0.25, 0.3) is 0 Å². The molecule has 1 aliphatic heterocycles. The van der Waals surface area contributed by atoms with Crippen molar-refractivity contribution < 1.29 is 4.74 Å². The fourth-order valence-corrected chi connectivity index (χ4v) is 3.85. The third kappa shape index (κ3) is 6.43. The normalized spacial score (nSPS) is 18.9. The largest absolute Gasteiger partial charge is 0.378 e. The Balaban J connectivity index is 0.00000280. The molecule has 1 aromatic heterocycles. The first kappa shape index (κ1) is 23.1. The number of likely N-dealkylation sites (tertiary alicyclic amines) is 1. The molecule has 0 bridgehead atoms. The van der Waals surface area contributed by atoms with Crippen LogP contribution < -0.4 is 5.32 Å². The molecule has 2 heterocycles. The number of nitrogens with zero attached hydrogens (tertiary/aromatic N) is 5. The maximum atomic E-state index is 6.20. The number of aryl methyl sites for hydroxylation is 1. The average molecular weight is 502 g/mol. The van der Waals surface area contributed by atoms with Gasteiger partial charge in [0, 0.05) is 33.3 Å². The lowest BCUT2D eigenvalue weighted by Crippen LogP contribution is -2.47. The van der Waals surface area contributed by atoms with Gasteiger partial charge in [0.2, 0.25) is 0 Å². The number of hydrogen-bond acceptors (Lipinski definition) is 4. The van der Waals surface area contributed by atoms with Gasteiger partial charge in [-0.3, -0.25) is 0 Å². The molecule has 0 unspecified atom stereocenters. The van der Waals surface area contributed by atoms with E-state index in [4.69, 9.17) is 9.73 Å². The molecular formula is C20H35IN6O. The highest BCUT2D eigenvalue weighted by molar-refractivity contribution is 14.0. The molecule has 1 saturated heterocycles. The van der Waals surface area contributed by atoms with E-state index >= 15 is 0 Å². The molecule has 1 aromatic rings. The fraction of sp³-hybridized carbons (Fsp3) is 0.750. The predicted octanol–water partition coefficient (Wildman–Crippen LogP) is 3.04. The van der Waals surface area contributed by atoms with Gasteiger partial charge in [0.15, 0.2) is 11.8 Å². The minimum Gasteiger partial charge on any atom is -0.378 e. The number of aliphatic imine (C=N–C) groups is 1. The van der Waals surface area contributed by atoms with E-state index in [-0.39, 0.29) is 24.0 Å². The maximum absolute atomic E-state index is 6.20.